The highest BCUT2D eigenvalue weighted by molar-refractivity contribution is 7.89. The van der Waals surface area contributed by atoms with Gasteiger partial charge in [-0.2, -0.15) is 0 Å². The van der Waals surface area contributed by atoms with Crippen LogP contribution < -0.4 is 14.8 Å². The second-order valence-corrected chi connectivity index (χ2v) is 10.4. The number of amides is 3. The summed E-state index contributed by atoms with van der Waals surface area (Å²) < 4.78 is 52.7. The number of imide groups is 1. The lowest BCUT2D eigenvalue weighted by Crippen LogP contribution is -2.30. The highest BCUT2D eigenvalue weighted by atomic mass is 32.2. The molecule has 0 saturated carbocycles. The Balaban J connectivity index is 1.43. The summed E-state index contributed by atoms with van der Waals surface area (Å²) >= 11 is 0. The van der Waals surface area contributed by atoms with Gasteiger partial charge in [0.15, 0.2) is 11.6 Å². The summed E-state index contributed by atoms with van der Waals surface area (Å²) in [5, 5.41) is 2.21. The van der Waals surface area contributed by atoms with Crippen LogP contribution in [0.15, 0.2) is 18.2 Å². The number of ether oxygens (including phenoxy) is 2. The van der Waals surface area contributed by atoms with E-state index in [1.807, 2.05) is 0 Å². The molecule has 0 aliphatic carbocycles. The first kappa shape index (κ1) is 25.4. The summed E-state index contributed by atoms with van der Waals surface area (Å²) in [6.07, 6.45) is 3.39. The molecule has 2 fully saturated rings. The van der Waals surface area contributed by atoms with Gasteiger partial charge in [0.25, 0.3) is 0 Å². The molecule has 9 nitrogen and oxygen atoms in total. The van der Waals surface area contributed by atoms with E-state index in [1.54, 1.807) is 19.1 Å². The number of nitrogens with zero attached hydrogens (tertiary/aromatic N) is 1. The van der Waals surface area contributed by atoms with Crippen LogP contribution >= 0.6 is 0 Å². The minimum absolute atomic E-state index is 0.0502. The SMILES string of the molecule is C[C@@H](NS(=O)(=O)CCCCCN1CC(=O)NC1=O)c1ccc(F)c(OCC2CCOCC2)c1. The van der Waals surface area contributed by atoms with E-state index in [0.29, 0.717) is 57.1 Å². The number of nitrogens with one attached hydrogen (secondary N) is 2. The molecule has 3 rings (SSSR count). The first-order valence-electron chi connectivity index (χ1n) is 11.3. The van der Waals surface area contributed by atoms with Crippen LogP contribution in [0.2, 0.25) is 0 Å². The van der Waals surface area contributed by atoms with E-state index in [2.05, 4.69) is 10.0 Å². The van der Waals surface area contributed by atoms with Gasteiger partial charge in [-0.15, -0.1) is 0 Å². The number of benzene rings is 1. The van der Waals surface area contributed by atoms with Crippen molar-refractivity contribution in [1.82, 2.24) is 14.9 Å². The summed E-state index contributed by atoms with van der Waals surface area (Å²) in [4.78, 5) is 24.0. The lowest BCUT2D eigenvalue weighted by atomic mass is 10.0. The standard InChI is InChI=1S/C22H32FN3O6S/c1-16(18-5-6-19(23)20(13-18)32-15-17-7-10-31-11-8-17)25-33(29,30)12-4-2-3-9-26-14-21(27)24-22(26)28/h5-6,13,16-17,25H,2-4,7-12,14-15H2,1H3,(H,24,27,28)/t16-/m1/s1. The molecular weight excluding hydrogens is 453 g/mol. The van der Waals surface area contributed by atoms with Gasteiger partial charge in [-0.05, 0) is 56.2 Å². The zero-order valence-corrected chi connectivity index (χ0v) is 19.7. The molecule has 0 aromatic heterocycles. The van der Waals surface area contributed by atoms with Crippen molar-refractivity contribution in [3.63, 3.8) is 0 Å². The van der Waals surface area contributed by atoms with Gasteiger partial charge in [0.05, 0.1) is 12.4 Å². The molecule has 184 valence electrons. The maximum absolute atomic E-state index is 14.2. The molecule has 0 unspecified atom stereocenters. The highest BCUT2D eigenvalue weighted by Gasteiger charge is 2.26. The topological polar surface area (TPSA) is 114 Å². The largest absolute Gasteiger partial charge is 0.490 e. The summed E-state index contributed by atoms with van der Waals surface area (Å²) in [7, 11) is -3.55. The zero-order valence-electron chi connectivity index (χ0n) is 18.8. The van der Waals surface area contributed by atoms with Gasteiger partial charge in [0, 0.05) is 25.8 Å². The third-order valence-corrected chi connectivity index (χ3v) is 7.37. The molecule has 1 aromatic rings. The molecule has 2 N–H and O–H groups in total. The number of carbonyl (C=O) groups is 2. The Morgan fingerprint density at radius 3 is 2.70 bits per heavy atom. The van der Waals surface area contributed by atoms with Gasteiger partial charge in [0.1, 0.15) is 6.54 Å². The maximum atomic E-state index is 14.2. The number of unbranched alkanes of at least 4 members (excludes halogenated alkanes) is 2. The number of sulfonamides is 1. The van der Waals surface area contributed by atoms with Crippen molar-refractivity contribution >= 4 is 22.0 Å². The molecule has 3 amide bonds. The van der Waals surface area contributed by atoms with Crippen LogP contribution in [0.3, 0.4) is 0 Å². The molecule has 1 aromatic carbocycles. The fourth-order valence-corrected chi connectivity index (χ4v) is 5.23. The number of carbonyl (C=O) groups excluding carboxylic acids is 2. The molecule has 0 radical (unpaired) electrons. The van der Waals surface area contributed by atoms with E-state index >= 15 is 0 Å². The van der Waals surface area contributed by atoms with Crippen molar-refractivity contribution in [3.05, 3.63) is 29.6 Å². The fourth-order valence-electron chi connectivity index (χ4n) is 3.85. The predicted molar refractivity (Wildman–Crippen MR) is 120 cm³/mol. The minimum Gasteiger partial charge on any atom is -0.490 e. The molecule has 33 heavy (non-hydrogen) atoms. The Kier molecular flexibility index (Phi) is 9.04. The Hall–Kier alpha value is -2.24. The molecule has 11 heteroatoms. The van der Waals surface area contributed by atoms with E-state index in [1.165, 1.54) is 11.0 Å². The van der Waals surface area contributed by atoms with E-state index < -0.39 is 27.9 Å². The van der Waals surface area contributed by atoms with Gasteiger partial charge in [-0.1, -0.05) is 12.5 Å². The normalized spacial score (nSPS) is 18.4. The van der Waals surface area contributed by atoms with Crippen molar-refractivity contribution in [1.29, 1.82) is 0 Å². The maximum Gasteiger partial charge on any atom is 0.324 e. The summed E-state index contributed by atoms with van der Waals surface area (Å²) in [5.74, 6) is -0.419. The molecule has 0 bridgehead atoms. The average molecular weight is 486 g/mol. The number of halogens is 1. The van der Waals surface area contributed by atoms with Crippen LogP contribution in [0.5, 0.6) is 5.75 Å². The minimum atomic E-state index is -3.55. The molecule has 2 heterocycles. The third kappa shape index (κ3) is 7.94. The number of hydrogen-bond acceptors (Lipinski definition) is 6. The van der Waals surface area contributed by atoms with Crippen molar-refractivity contribution in [2.45, 2.75) is 45.1 Å². The van der Waals surface area contributed by atoms with Crippen LogP contribution in [0.25, 0.3) is 0 Å². The van der Waals surface area contributed by atoms with Gasteiger partial charge >= 0.3 is 6.03 Å². The first-order chi connectivity index (χ1) is 15.7. The van der Waals surface area contributed by atoms with Crippen LogP contribution in [-0.4, -0.2) is 63.9 Å². The number of hydrogen-bond donors (Lipinski definition) is 2. The van der Waals surface area contributed by atoms with Crippen LogP contribution in [0.4, 0.5) is 9.18 Å². The van der Waals surface area contributed by atoms with E-state index in [4.69, 9.17) is 9.47 Å². The smallest absolute Gasteiger partial charge is 0.324 e. The molecule has 0 spiro atoms. The summed E-state index contributed by atoms with van der Waals surface area (Å²) in [6, 6.07) is 3.44. The second kappa shape index (κ2) is 11.8. The van der Waals surface area contributed by atoms with Crippen molar-refractivity contribution in [2.75, 3.05) is 38.7 Å². The van der Waals surface area contributed by atoms with E-state index in [0.717, 1.165) is 12.8 Å². The summed E-state index contributed by atoms with van der Waals surface area (Å²) in [6.45, 7) is 3.93. The average Bonchev–Trinajstić information content (AvgIpc) is 3.10. The van der Waals surface area contributed by atoms with Crippen molar-refractivity contribution < 1.29 is 31.9 Å². The zero-order chi connectivity index (χ0) is 23.8. The number of urea groups is 1. The highest BCUT2D eigenvalue weighted by Crippen LogP contribution is 2.25. The van der Waals surface area contributed by atoms with Crippen molar-refractivity contribution in [3.8, 4) is 5.75 Å². The van der Waals surface area contributed by atoms with Gasteiger partial charge < -0.3 is 14.4 Å². The van der Waals surface area contributed by atoms with Gasteiger partial charge in [-0.25, -0.2) is 22.3 Å². The Labute approximate surface area is 194 Å². The number of rotatable bonds is 12. The van der Waals surface area contributed by atoms with Crippen LogP contribution in [0, 0.1) is 11.7 Å². The predicted octanol–water partition coefficient (Wildman–Crippen LogP) is 2.33. The second-order valence-electron chi connectivity index (χ2n) is 8.55. The third-order valence-electron chi connectivity index (χ3n) is 5.84. The molecule has 2 aliphatic heterocycles. The van der Waals surface area contributed by atoms with Gasteiger partial charge in [-0.3, -0.25) is 10.1 Å². The van der Waals surface area contributed by atoms with Crippen molar-refractivity contribution in [2.24, 2.45) is 5.92 Å². The molecule has 2 aliphatic rings. The summed E-state index contributed by atoms with van der Waals surface area (Å²) in [5.41, 5.74) is 0.617. The Morgan fingerprint density at radius 2 is 2.00 bits per heavy atom. The monoisotopic (exact) mass is 485 g/mol. The molecule has 2 saturated heterocycles. The van der Waals surface area contributed by atoms with Crippen LogP contribution in [0.1, 0.15) is 50.6 Å². The quantitative estimate of drug-likeness (QED) is 0.347. The fraction of sp³-hybridized carbons (Fsp3) is 0.636. The van der Waals surface area contributed by atoms with Crippen LogP contribution in [-0.2, 0) is 19.6 Å². The Morgan fingerprint density at radius 1 is 1.24 bits per heavy atom. The lowest BCUT2D eigenvalue weighted by molar-refractivity contribution is -0.118. The first-order valence-corrected chi connectivity index (χ1v) is 13.0. The molecular formula is C22H32FN3O6S. The van der Waals surface area contributed by atoms with Gasteiger partial charge in [0.2, 0.25) is 15.9 Å². The Bertz CT molecular complexity index is 936. The van der Waals surface area contributed by atoms with E-state index in [-0.39, 0.29) is 24.0 Å². The lowest BCUT2D eigenvalue weighted by Gasteiger charge is -2.22. The van der Waals surface area contributed by atoms with E-state index in [9.17, 15) is 22.4 Å². The molecule has 1 atom stereocenters.